The van der Waals surface area contributed by atoms with E-state index >= 15 is 0 Å². The lowest BCUT2D eigenvalue weighted by atomic mass is 9.89. The summed E-state index contributed by atoms with van der Waals surface area (Å²) >= 11 is 0. The van der Waals surface area contributed by atoms with Crippen LogP contribution in [0.5, 0.6) is 0 Å². The number of amides is 1. The van der Waals surface area contributed by atoms with Gasteiger partial charge < -0.3 is 10.4 Å². The van der Waals surface area contributed by atoms with Gasteiger partial charge in [0.1, 0.15) is 6.04 Å². The maximum absolute atomic E-state index is 12.5. The second kappa shape index (κ2) is 6.29. The molecule has 1 aromatic carbocycles. The fourth-order valence-electron chi connectivity index (χ4n) is 2.57. The molecule has 116 valence electrons. The zero-order chi connectivity index (χ0) is 16.5. The van der Waals surface area contributed by atoms with Gasteiger partial charge in [-0.15, -0.1) is 0 Å². The van der Waals surface area contributed by atoms with Crippen molar-refractivity contribution < 1.29 is 14.7 Å². The number of rotatable bonds is 4. The van der Waals surface area contributed by atoms with E-state index in [0.29, 0.717) is 5.56 Å². The van der Waals surface area contributed by atoms with Crippen LogP contribution < -0.4 is 5.32 Å². The summed E-state index contributed by atoms with van der Waals surface area (Å²) in [6.07, 6.45) is 0. The van der Waals surface area contributed by atoms with Crippen LogP contribution in [-0.2, 0) is 4.79 Å². The minimum atomic E-state index is -1.01. The number of carboxylic acids is 1. The van der Waals surface area contributed by atoms with E-state index in [2.05, 4.69) is 5.32 Å². The molecule has 0 aromatic heterocycles. The molecule has 4 heteroatoms. The van der Waals surface area contributed by atoms with Crippen molar-refractivity contribution in [2.45, 2.75) is 54.5 Å². The van der Waals surface area contributed by atoms with Gasteiger partial charge in [0, 0.05) is 5.56 Å². The standard InChI is InChI=1S/C17H25NO3/c1-8(2)15(17(20)21)18-16(19)14-12(6)10(4)9(3)11(5)13(14)7/h8,15H,1-7H3,(H,18,19)(H,20,21)/t15-/m1/s1. The molecule has 4 nitrogen and oxygen atoms in total. The van der Waals surface area contributed by atoms with E-state index < -0.39 is 12.0 Å². The maximum atomic E-state index is 12.5. The van der Waals surface area contributed by atoms with Crippen LogP contribution in [0.3, 0.4) is 0 Å². The second-order valence-electron chi connectivity index (χ2n) is 6.03. The van der Waals surface area contributed by atoms with Gasteiger partial charge in [-0.2, -0.15) is 0 Å². The first-order valence-corrected chi connectivity index (χ1v) is 7.20. The molecule has 0 aliphatic carbocycles. The average molecular weight is 291 g/mol. The van der Waals surface area contributed by atoms with Crippen LogP contribution in [0, 0.1) is 40.5 Å². The topological polar surface area (TPSA) is 66.4 Å². The van der Waals surface area contributed by atoms with Crippen LogP contribution in [-0.4, -0.2) is 23.0 Å². The minimum absolute atomic E-state index is 0.167. The largest absolute Gasteiger partial charge is 0.480 e. The summed E-state index contributed by atoms with van der Waals surface area (Å²) < 4.78 is 0. The van der Waals surface area contributed by atoms with Gasteiger partial charge in [0.25, 0.3) is 5.91 Å². The molecule has 2 N–H and O–H groups in total. The summed E-state index contributed by atoms with van der Waals surface area (Å²) in [5.41, 5.74) is 5.78. The number of carbonyl (C=O) groups is 2. The van der Waals surface area contributed by atoms with Gasteiger partial charge in [-0.1, -0.05) is 13.8 Å². The summed E-state index contributed by atoms with van der Waals surface area (Å²) in [4.78, 5) is 23.8. The highest BCUT2D eigenvalue weighted by molar-refractivity contribution is 5.99. The lowest BCUT2D eigenvalue weighted by Crippen LogP contribution is -2.44. The van der Waals surface area contributed by atoms with Gasteiger partial charge in [0.15, 0.2) is 0 Å². The van der Waals surface area contributed by atoms with Gasteiger partial charge in [0.05, 0.1) is 0 Å². The van der Waals surface area contributed by atoms with Gasteiger partial charge in [-0.3, -0.25) is 4.79 Å². The van der Waals surface area contributed by atoms with Gasteiger partial charge >= 0.3 is 5.97 Å². The van der Waals surface area contributed by atoms with E-state index in [1.54, 1.807) is 13.8 Å². The highest BCUT2D eigenvalue weighted by atomic mass is 16.4. The Labute approximate surface area is 126 Å². The Morgan fingerprint density at radius 2 is 1.24 bits per heavy atom. The Morgan fingerprint density at radius 3 is 1.57 bits per heavy atom. The van der Waals surface area contributed by atoms with Gasteiger partial charge in [0.2, 0.25) is 0 Å². The van der Waals surface area contributed by atoms with Crippen LogP contribution in [0.4, 0.5) is 0 Å². The van der Waals surface area contributed by atoms with Crippen LogP contribution in [0.25, 0.3) is 0 Å². The third-order valence-electron chi connectivity index (χ3n) is 4.45. The molecule has 0 aliphatic rings. The summed E-state index contributed by atoms with van der Waals surface area (Å²) in [5, 5.41) is 11.9. The molecule has 1 rings (SSSR count). The Bertz CT molecular complexity index is 559. The molecule has 0 bridgehead atoms. The minimum Gasteiger partial charge on any atom is -0.480 e. The van der Waals surface area contributed by atoms with Gasteiger partial charge in [-0.05, 0) is 68.4 Å². The van der Waals surface area contributed by atoms with Crippen molar-refractivity contribution in [2.75, 3.05) is 0 Å². The molecular formula is C17H25NO3. The average Bonchev–Trinajstić information content (AvgIpc) is 2.39. The van der Waals surface area contributed by atoms with Crippen molar-refractivity contribution >= 4 is 11.9 Å². The third kappa shape index (κ3) is 3.26. The first-order valence-electron chi connectivity index (χ1n) is 7.20. The van der Waals surface area contributed by atoms with Crippen LogP contribution in [0.1, 0.15) is 52.0 Å². The summed E-state index contributed by atoms with van der Waals surface area (Å²) in [6, 6.07) is -0.877. The van der Waals surface area contributed by atoms with E-state index in [1.807, 2.05) is 34.6 Å². The molecule has 0 heterocycles. The van der Waals surface area contributed by atoms with Crippen molar-refractivity contribution in [2.24, 2.45) is 5.92 Å². The quantitative estimate of drug-likeness (QED) is 0.896. The number of carboxylic acid groups (broad SMARTS) is 1. The zero-order valence-corrected chi connectivity index (χ0v) is 13.9. The monoisotopic (exact) mass is 291 g/mol. The smallest absolute Gasteiger partial charge is 0.326 e. The molecule has 1 amide bonds. The molecule has 1 aromatic rings. The van der Waals surface area contributed by atoms with Crippen LogP contribution >= 0.6 is 0 Å². The number of hydrogen-bond acceptors (Lipinski definition) is 2. The summed E-state index contributed by atoms with van der Waals surface area (Å²) in [5.74, 6) is -1.48. The summed E-state index contributed by atoms with van der Waals surface area (Å²) in [6.45, 7) is 13.4. The van der Waals surface area contributed by atoms with Crippen LogP contribution in [0.2, 0.25) is 0 Å². The number of hydrogen-bond donors (Lipinski definition) is 2. The molecular weight excluding hydrogens is 266 g/mol. The number of nitrogens with one attached hydrogen (secondary N) is 1. The van der Waals surface area contributed by atoms with E-state index in [9.17, 15) is 14.7 Å². The summed E-state index contributed by atoms with van der Waals surface area (Å²) in [7, 11) is 0. The molecule has 1 atom stereocenters. The van der Waals surface area contributed by atoms with Crippen molar-refractivity contribution in [3.8, 4) is 0 Å². The highest BCUT2D eigenvalue weighted by Crippen LogP contribution is 2.26. The Morgan fingerprint density at radius 1 is 0.857 bits per heavy atom. The van der Waals surface area contributed by atoms with E-state index in [1.165, 1.54) is 5.56 Å². The second-order valence-corrected chi connectivity index (χ2v) is 6.03. The SMILES string of the molecule is Cc1c(C)c(C)c(C(=O)N[C@@H](C(=O)O)C(C)C)c(C)c1C. The molecule has 0 unspecified atom stereocenters. The van der Waals surface area contributed by atoms with Crippen molar-refractivity contribution in [1.29, 1.82) is 0 Å². The Hall–Kier alpha value is -1.84. The number of aliphatic carboxylic acids is 1. The maximum Gasteiger partial charge on any atom is 0.326 e. The zero-order valence-electron chi connectivity index (χ0n) is 13.9. The predicted octanol–water partition coefficient (Wildman–Crippen LogP) is 3.07. The number of benzene rings is 1. The molecule has 0 saturated heterocycles. The Kier molecular flexibility index (Phi) is 5.15. The third-order valence-corrected chi connectivity index (χ3v) is 4.45. The van der Waals surface area contributed by atoms with E-state index in [-0.39, 0.29) is 11.8 Å². The Balaban J connectivity index is 3.29. The van der Waals surface area contributed by atoms with E-state index in [0.717, 1.165) is 22.3 Å². The molecule has 0 aliphatic heterocycles. The fraction of sp³-hybridized carbons (Fsp3) is 0.529. The first-order chi connectivity index (χ1) is 9.59. The molecule has 0 spiro atoms. The van der Waals surface area contributed by atoms with Gasteiger partial charge in [-0.25, -0.2) is 4.79 Å². The van der Waals surface area contributed by atoms with Crippen molar-refractivity contribution in [3.05, 3.63) is 33.4 Å². The van der Waals surface area contributed by atoms with Crippen LogP contribution in [0.15, 0.2) is 0 Å². The molecule has 0 saturated carbocycles. The molecule has 0 radical (unpaired) electrons. The number of carbonyl (C=O) groups excluding carboxylic acids is 1. The highest BCUT2D eigenvalue weighted by Gasteiger charge is 2.26. The normalized spacial score (nSPS) is 12.4. The molecule has 21 heavy (non-hydrogen) atoms. The predicted molar refractivity (Wildman–Crippen MR) is 83.9 cm³/mol. The molecule has 0 fully saturated rings. The fourth-order valence-corrected chi connectivity index (χ4v) is 2.57. The van der Waals surface area contributed by atoms with Crippen molar-refractivity contribution in [3.63, 3.8) is 0 Å². The van der Waals surface area contributed by atoms with Crippen molar-refractivity contribution in [1.82, 2.24) is 5.32 Å². The first kappa shape index (κ1) is 17.2. The lowest BCUT2D eigenvalue weighted by molar-refractivity contribution is -0.140. The van der Waals surface area contributed by atoms with E-state index in [4.69, 9.17) is 0 Å². The lowest BCUT2D eigenvalue weighted by Gasteiger charge is -2.22.